The van der Waals surface area contributed by atoms with Gasteiger partial charge in [-0.15, -0.1) is 11.8 Å². The highest BCUT2D eigenvalue weighted by atomic mass is 32.2. The maximum Gasteiger partial charge on any atom is 0.0138 e. The van der Waals surface area contributed by atoms with Gasteiger partial charge in [0.25, 0.3) is 0 Å². The zero-order valence-electron chi connectivity index (χ0n) is 12.7. The number of rotatable bonds is 5. The van der Waals surface area contributed by atoms with Gasteiger partial charge < -0.3 is 5.32 Å². The highest BCUT2D eigenvalue weighted by Crippen LogP contribution is 2.39. The van der Waals surface area contributed by atoms with E-state index >= 15 is 0 Å². The van der Waals surface area contributed by atoms with Crippen LogP contribution in [0.15, 0.2) is 29.2 Å². The number of nitrogens with one attached hydrogen (secondary N) is 1. The van der Waals surface area contributed by atoms with Gasteiger partial charge in [0.2, 0.25) is 0 Å². The SMILES string of the molecule is CC(CCNC(C)(C)C)CC1Cc2ccccc2S1. The first-order valence-electron chi connectivity index (χ1n) is 7.43. The quantitative estimate of drug-likeness (QED) is 0.850. The lowest BCUT2D eigenvalue weighted by Crippen LogP contribution is -2.37. The van der Waals surface area contributed by atoms with Crippen molar-refractivity contribution in [2.75, 3.05) is 6.54 Å². The minimum Gasteiger partial charge on any atom is -0.312 e. The van der Waals surface area contributed by atoms with Gasteiger partial charge in [-0.1, -0.05) is 25.1 Å². The summed E-state index contributed by atoms with van der Waals surface area (Å²) in [5, 5.41) is 4.38. The molecule has 0 aliphatic carbocycles. The molecule has 0 saturated carbocycles. The summed E-state index contributed by atoms with van der Waals surface area (Å²) in [7, 11) is 0. The molecule has 1 nitrogen and oxygen atoms in total. The molecule has 106 valence electrons. The molecular weight excluding hydrogens is 250 g/mol. The Hall–Kier alpha value is -0.470. The van der Waals surface area contributed by atoms with E-state index in [0.717, 1.165) is 17.7 Å². The summed E-state index contributed by atoms with van der Waals surface area (Å²) in [4.78, 5) is 1.51. The summed E-state index contributed by atoms with van der Waals surface area (Å²) in [5.41, 5.74) is 1.80. The summed E-state index contributed by atoms with van der Waals surface area (Å²) < 4.78 is 0. The number of benzene rings is 1. The van der Waals surface area contributed by atoms with E-state index in [1.165, 1.54) is 24.2 Å². The third kappa shape index (κ3) is 4.85. The van der Waals surface area contributed by atoms with E-state index in [9.17, 15) is 0 Å². The number of thioether (sulfide) groups is 1. The largest absolute Gasteiger partial charge is 0.312 e. The zero-order valence-corrected chi connectivity index (χ0v) is 13.5. The Morgan fingerprint density at radius 3 is 2.74 bits per heavy atom. The molecule has 0 radical (unpaired) electrons. The molecule has 0 bridgehead atoms. The van der Waals surface area contributed by atoms with Crippen molar-refractivity contribution < 1.29 is 0 Å². The normalized spacial score (nSPS) is 20.3. The summed E-state index contributed by atoms with van der Waals surface area (Å²) in [6.07, 6.45) is 3.88. The van der Waals surface area contributed by atoms with Crippen LogP contribution in [0.2, 0.25) is 0 Å². The van der Waals surface area contributed by atoms with E-state index < -0.39 is 0 Å². The molecule has 1 N–H and O–H groups in total. The van der Waals surface area contributed by atoms with Gasteiger partial charge in [0.05, 0.1) is 0 Å². The minimum atomic E-state index is 0.248. The molecule has 1 heterocycles. The second kappa shape index (κ2) is 6.32. The van der Waals surface area contributed by atoms with E-state index in [1.54, 1.807) is 5.56 Å². The van der Waals surface area contributed by atoms with Crippen LogP contribution in [0.25, 0.3) is 0 Å². The molecule has 2 rings (SSSR count). The van der Waals surface area contributed by atoms with Crippen molar-refractivity contribution >= 4 is 11.8 Å². The lowest BCUT2D eigenvalue weighted by atomic mass is 9.97. The van der Waals surface area contributed by atoms with Crippen molar-refractivity contribution in [1.82, 2.24) is 5.32 Å². The van der Waals surface area contributed by atoms with Crippen molar-refractivity contribution in [1.29, 1.82) is 0 Å². The number of hydrogen-bond acceptors (Lipinski definition) is 2. The van der Waals surface area contributed by atoms with Gasteiger partial charge in [-0.25, -0.2) is 0 Å². The molecule has 0 saturated heterocycles. The lowest BCUT2D eigenvalue weighted by Gasteiger charge is -2.22. The van der Waals surface area contributed by atoms with Crippen molar-refractivity contribution in [3.63, 3.8) is 0 Å². The van der Waals surface area contributed by atoms with Crippen molar-refractivity contribution in [3.05, 3.63) is 29.8 Å². The first kappa shape index (κ1) is 14.9. The first-order chi connectivity index (χ1) is 8.94. The van der Waals surface area contributed by atoms with Gasteiger partial charge in [0.1, 0.15) is 0 Å². The summed E-state index contributed by atoms with van der Waals surface area (Å²) in [5.74, 6) is 0.807. The van der Waals surface area contributed by atoms with Gasteiger partial charge in [-0.2, -0.15) is 0 Å². The van der Waals surface area contributed by atoms with Crippen LogP contribution in [0.1, 0.15) is 46.1 Å². The molecule has 0 amide bonds. The van der Waals surface area contributed by atoms with Gasteiger partial charge in [0, 0.05) is 15.7 Å². The molecule has 0 aromatic heterocycles. The van der Waals surface area contributed by atoms with Crippen molar-refractivity contribution in [3.8, 4) is 0 Å². The lowest BCUT2D eigenvalue weighted by molar-refractivity contribution is 0.385. The van der Waals surface area contributed by atoms with E-state index in [1.807, 2.05) is 0 Å². The van der Waals surface area contributed by atoms with Crippen molar-refractivity contribution in [2.24, 2.45) is 5.92 Å². The van der Waals surface area contributed by atoms with Crippen LogP contribution >= 0.6 is 11.8 Å². The average molecular weight is 277 g/mol. The van der Waals surface area contributed by atoms with Crippen LogP contribution in [0.3, 0.4) is 0 Å². The average Bonchev–Trinajstić information content (AvgIpc) is 2.68. The Balaban J connectivity index is 1.72. The predicted molar refractivity (Wildman–Crippen MR) is 85.9 cm³/mol. The van der Waals surface area contributed by atoms with Crippen LogP contribution in [0.4, 0.5) is 0 Å². The van der Waals surface area contributed by atoms with Gasteiger partial charge >= 0.3 is 0 Å². The zero-order chi connectivity index (χ0) is 13.9. The second-order valence-electron chi connectivity index (χ2n) is 6.86. The summed E-state index contributed by atoms with van der Waals surface area (Å²) in [6, 6.07) is 8.88. The third-order valence-electron chi connectivity index (χ3n) is 3.67. The molecular formula is C17H27NS. The maximum atomic E-state index is 3.59. The van der Waals surface area contributed by atoms with Crippen LogP contribution in [0.5, 0.6) is 0 Å². The Bertz CT molecular complexity index is 383. The standard InChI is InChI=1S/C17H27NS/c1-13(9-10-18-17(2,3)4)11-15-12-14-7-5-6-8-16(14)19-15/h5-8,13,15,18H,9-12H2,1-4H3. The third-order valence-corrected chi connectivity index (χ3v) is 5.02. The smallest absolute Gasteiger partial charge is 0.0138 e. The molecule has 1 aromatic rings. The number of hydrogen-bond donors (Lipinski definition) is 1. The van der Waals surface area contributed by atoms with E-state index in [2.05, 4.69) is 69.0 Å². The fourth-order valence-corrected chi connectivity index (χ4v) is 4.15. The molecule has 2 atom stereocenters. The van der Waals surface area contributed by atoms with E-state index in [0.29, 0.717) is 0 Å². The Labute approximate surface area is 122 Å². The Morgan fingerprint density at radius 1 is 1.32 bits per heavy atom. The highest BCUT2D eigenvalue weighted by molar-refractivity contribution is 8.00. The molecule has 2 heteroatoms. The molecule has 1 aliphatic rings. The monoisotopic (exact) mass is 277 g/mol. The molecule has 0 spiro atoms. The van der Waals surface area contributed by atoms with Gasteiger partial charge in [-0.05, 0) is 64.1 Å². The van der Waals surface area contributed by atoms with Crippen LogP contribution < -0.4 is 5.32 Å². The van der Waals surface area contributed by atoms with Crippen LogP contribution in [-0.4, -0.2) is 17.3 Å². The van der Waals surface area contributed by atoms with E-state index in [4.69, 9.17) is 0 Å². The molecule has 19 heavy (non-hydrogen) atoms. The molecule has 1 aromatic carbocycles. The van der Waals surface area contributed by atoms with Gasteiger partial charge in [-0.3, -0.25) is 0 Å². The van der Waals surface area contributed by atoms with E-state index in [-0.39, 0.29) is 5.54 Å². The maximum absolute atomic E-state index is 3.59. The van der Waals surface area contributed by atoms with Crippen LogP contribution in [-0.2, 0) is 6.42 Å². The topological polar surface area (TPSA) is 12.0 Å². The van der Waals surface area contributed by atoms with Crippen molar-refractivity contribution in [2.45, 2.75) is 62.6 Å². The summed E-state index contributed by atoms with van der Waals surface area (Å²) in [6.45, 7) is 10.2. The second-order valence-corrected chi connectivity index (χ2v) is 8.20. The molecule has 0 fully saturated rings. The minimum absolute atomic E-state index is 0.248. The van der Waals surface area contributed by atoms with Crippen LogP contribution in [0, 0.1) is 5.92 Å². The predicted octanol–water partition coefficient (Wildman–Crippen LogP) is 4.51. The molecule has 1 aliphatic heterocycles. The molecule has 2 unspecified atom stereocenters. The summed E-state index contributed by atoms with van der Waals surface area (Å²) >= 11 is 2.08. The number of fused-ring (bicyclic) bond motifs is 1. The fraction of sp³-hybridized carbons (Fsp3) is 0.647. The fourth-order valence-electron chi connectivity index (χ4n) is 2.65. The first-order valence-corrected chi connectivity index (χ1v) is 8.31. The Morgan fingerprint density at radius 2 is 2.05 bits per heavy atom. The van der Waals surface area contributed by atoms with Gasteiger partial charge in [0.15, 0.2) is 0 Å². The Kier molecular flexibility index (Phi) is 4.97. The highest BCUT2D eigenvalue weighted by Gasteiger charge is 2.23.